The van der Waals surface area contributed by atoms with Crippen LogP contribution in [0, 0.1) is 5.41 Å². The third kappa shape index (κ3) is 5.43. The minimum atomic E-state index is -0.112. The number of nitrogens with one attached hydrogen (secondary N) is 1. The highest BCUT2D eigenvalue weighted by atomic mass is 32.2. The average Bonchev–Trinajstić information content (AvgIpc) is 2.45. The van der Waals surface area contributed by atoms with Gasteiger partial charge < -0.3 is 10.1 Å². The zero-order valence-electron chi connectivity index (χ0n) is 12.3. The molecule has 1 aliphatic heterocycles. The molecule has 0 fully saturated rings. The van der Waals surface area contributed by atoms with Crippen LogP contribution in [0.4, 0.5) is 0 Å². The molecule has 0 saturated carbocycles. The van der Waals surface area contributed by atoms with Gasteiger partial charge in [0.15, 0.2) is 5.17 Å². The maximum atomic E-state index is 11.2. The fourth-order valence-electron chi connectivity index (χ4n) is 2.00. The molecule has 0 bridgehead atoms. The highest BCUT2D eigenvalue weighted by Gasteiger charge is 2.29. The molecule has 1 rings (SSSR count). The second-order valence-electron chi connectivity index (χ2n) is 4.95. The van der Waals surface area contributed by atoms with Crippen LogP contribution in [-0.2, 0) is 9.53 Å². The van der Waals surface area contributed by atoms with Gasteiger partial charge in [0.2, 0.25) is 0 Å². The SMILES string of the molecule is CCOC(=O)CCCNC1=NCC(CC)(CC)CS1. The number of thioether (sulfide) groups is 1. The Morgan fingerprint density at radius 3 is 2.68 bits per heavy atom. The maximum absolute atomic E-state index is 11.2. The summed E-state index contributed by atoms with van der Waals surface area (Å²) in [4.78, 5) is 15.8. The van der Waals surface area contributed by atoms with Gasteiger partial charge in [0.25, 0.3) is 0 Å². The van der Waals surface area contributed by atoms with E-state index in [1.54, 1.807) is 0 Å². The van der Waals surface area contributed by atoms with Crippen LogP contribution in [-0.4, -0.2) is 36.6 Å². The van der Waals surface area contributed by atoms with Crippen molar-refractivity contribution < 1.29 is 9.53 Å². The quantitative estimate of drug-likeness (QED) is 0.577. The van der Waals surface area contributed by atoms with Crippen LogP contribution in [0.25, 0.3) is 0 Å². The molecule has 0 spiro atoms. The molecule has 0 aromatic heterocycles. The highest BCUT2D eigenvalue weighted by Crippen LogP contribution is 2.34. The van der Waals surface area contributed by atoms with E-state index < -0.39 is 0 Å². The minimum absolute atomic E-state index is 0.112. The van der Waals surface area contributed by atoms with Gasteiger partial charge in [0.1, 0.15) is 0 Å². The van der Waals surface area contributed by atoms with Crippen molar-refractivity contribution in [3.8, 4) is 0 Å². The number of aliphatic imine (C=N–C) groups is 1. The van der Waals surface area contributed by atoms with E-state index in [0.717, 1.165) is 30.4 Å². The van der Waals surface area contributed by atoms with E-state index in [1.807, 2.05) is 18.7 Å². The van der Waals surface area contributed by atoms with E-state index in [4.69, 9.17) is 4.74 Å². The Labute approximate surface area is 120 Å². The van der Waals surface area contributed by atoms with Crippen molar-refractivity contribution in [2.75, 3.05) is 25.4 Å². The van der Waals surface area contributed by atoms with Crippen LogP contribution in [0.5, 0.6) is 0 Å². The van der Waals surface area contributed by atoms with Gasteiger partial charge in [-0.15, -0.1) is 0 Å². The molecule has 19 heavy (non-hydrogen) atoms. The second kappa shape index (κ2) is 8.46. The molecule has 1 heterocycles. The van der Waals surface area contributed by atoms with Crippen LogP contribution in [0.3, 0.4) is 0 Å². The van der Waals surface area contributed by atoms with E-state index in [1.165, 1.54) is 12.8 Å². The molecule has 1 aliphatic rings. The van der Waals surface area contributed by atoms with E-state index in [2.05, 4.69) is 24.2 Å². The molecule has 1 N–H and O–H groups in total. The molecule has 0 aromatic rings. The highest BCUT2D eigenvalue weighted by molar-refractivity contribution is 8.13. The van der Waals surface area contributed by atoms with Crippen molar-refractivity contribution in [1.82, 2.24) is 5.32 Å². The number of carbonyl (C=O) groups excluding carboxylic acids is 1. The number of rotatable bonds is 7. The normalized spacial score (nSPS) is 17.7. The second-order valence-corrected chi connectivity index (χ2v) is 5.92. The predicted octanol–water partition coefficient (Wildman–Crippen LogP) is 2.83. The van der Waals surface area contributed by atoms with Crippen LogP contribution in [0.1, 0.15) is 46.5 Å². The van der Waals surface area contributed by atoms with E-state index >= 15 is 0 Å². The summed E-state index contributed by atoms with van der Waals surface area (Å²) in [6.07, 6.45) is 3.66. The Hall–Kier alpha value is -0.710. The van der Waals surface area contributed by atoms with Gasteiger partial charge in [-0.2, -0.15) is 0 Å². The van der Waals surface area contributed by atoms with Gasteiger partial charge in [-0.25, -0.2) is 0 Å². The van der Waals surface area contributed by atoms with Crippen molar-refractivity contribution in [2.45, 2.75) is 46.5 Å². The molecular weight excluding hydrogens is 260 g/mol. The number of carbonyl (C=O) groups is 1. The zero-order valence-corrected chi connectivity index (χ0v) is 13.1. The number of amidine groups is 1. The van der Waals surface area contributed by atoms with Crippen molar-refractivity contribution in [2.24, 2.45) is 10.4 Å². The zero-order chi connectivity index (χ0) is 14.1. The van der Waals surface area contributed by atoms with Gasteiger partial charge in [-0.05, 0) is 31.6 Å². The molecule has 0 aliphatic carbocycles. The molecule has 5 heteroatoms. The smallest absolute Gasteiger partial charge is 0.305 e. The van der Waals surface area contributed by atoms with Crippen LogP contribution < -0.4 is 5.32 Å². The van der Waals surface area contributed by atoms with Gasteiger partial charge >= 0.3 is 5.97 Å². The first kappa shape index (κ1) is 16.3. The molecule has 4 nitrogen and oxygen atoms in total. The van der Waals surface area contributed by atoms with Crippen molar-refractivity contribution in [3.05, 3.63) is 0 Å². The van der Waals surface area contributed by atoms with Crippen LogP contribution in [0.15, 0.2) is 4.99 Å². The molecule has 0 saturated heterocycles. The van der Waals surface area contributed by atoms with E-state index in [0.29, 0.717) is 18.4 Å². The summed E-state index contributed by atoms with van der Waals surface area (Å²) in [5.74, 6) is 1.03. The van der Waals surface area contributed by atoms with Gasteiger partial charge in [-0.1, -0.05) is 25.6 Å². The van der Waals surface area contributed by atoms with Crippen molar-refractivity contribution in [3.63, 3.8) is 0 Å². The topological polar surface area (TPSA) is 50.7 Å². The molecular formula is C14H26N2O2S. The van der Waals surface area contributed by atoms with E-state index in [-0.39, 0.29) is 5.97 Å². The van der Waals surface area contributed by atoms with Crippen LogP contribution >= 0.6 is 11.8 Å². The average molecular weight is 286 g/mol. The Kier molecular flexibility index (Phi) is 7.28. The Bertz CT molecular complexity index is 315. The van der Waals surface area contributed by atoms with Gasteiger partial charge in [0, 0.05) is 25.3 Å². The standard InChI is InChI=1S/C14H26N2O2S/c1-4-14(5-2)10-16-13(19-11-14)15-9-7-8-12(17)18-6-3/h4-11H2,1-3H3,(H,15,16). The van der Waals surface area contributed by atoms with Crippen molar-refractivity contribution in [1.29, 1.82) is 0 Å². The first-order valence-electron chi connectivity index (χ1n) is 7.22. The molecule has 0 aromatic carbocycles. The molecule has 0 amide bonds. The summed E-state index contributed by atoms with van der Waals surface area (Å²) in [5.41, 5.74) is 0.390. The lowest BCUT2D eigenvalue weighted by Crippen LogP contribution is -2.35. The lowest BCUT2D eigenvalue weighted by Gasteiger charge is -2.33. The van der Waals surface area contributed by atoms with E-state index in [9.17, 15) is 4.79 Å². The van der Waals surface area contributed by atoms with Gasteiger partial charge in [0.05, 0.1) is 6.61 Å². The molecule has 0 unspecified atom stereocenters. The number of esters is 1. The Morgan fingerprint density at radius 1 is 1.42 bits per heavy atom. The van der Waals surface area contributed by atoms with Crippen LogP contribution in [0.2, 0.25) is 0 Å². The fourth-order valence-corrected chi connectivity index (χ4v) is 3.30. The number of hydrogen-bond donors (Lipinski definition) is 1. The molecule has 0 radical (unpaired) electrons. The number of hydrogen-bond acceptors (Lipinski definition) is 5. The minimum Gasteiger partial charge on any atom is -0.466 e. The predicted molar refractivity (Wildman–Crippen MR) is 81.6 cm³/mol. The molecule has 110 valence electrons. The van der Waals surface area contributed by atoms with Gasteiger partial charge in [-0.3, -0.25) is 9.79 Å². The summed E-state index contributed by atoms with van der Waals surface area (Å²) in [7, 11) is 0. The summed E-state index contributed by atoms with van der Waals surface area (Å²) >= 11 is 1.81. The Balaban J connectivity index is 2.21. The van der Waals surface area contributed by atoms with Crippen molar-refractivity contribution >= 4 is 22.9 Å². The number of ether oxygens (including phenoxy) is 1. The monoisotopic (exact) mass is 286 g/mol. The summed E-state index contributed by atoms with van der Waals surface area (Å²) in [5, 5.41) is 4.34. The largest absolute Gasteiger partial charge is 0.466 e. The summed E-state index contributed by atoms with van der Waals surface area (Å²) in [6, 6.07) is 0. The lowest BCUT2D eigenvalue weighted by molar-refractivity contribution is -0.143. The first-order chi connectivity index (χ1) is 9.15. The third-order valence-corrected chi connectivity index (χ3v) is 5.02. The summed E-state index contributed by atoms with van der Waals surface area (Å²) in [6.45, 7) is 8.50. The fraction of sp³-hybridized carbons (Fsp3) is 0.857. The molecule has 0 atom stereocenters. The number of nitrogens with zero attached hydrogens (tertiary/aromatic N) is 1. The maximum Gasteiger partial charge on any atom is 0.305 e. The third-order valence-electron chi connectivity index (χ3n) is 3.71. The first-order valence-corrected chi connectivity index (χ1v) is 8.21. The summed E-state index contributed by atoms with van der Waals surface area (Å²) < 4.78 is 4.89. The Morgan fingerprint density at radius 2 is 2.16 bits per heavy atom. The lowest BCUT2D eigenvalue weighted by atomic mass is 9.84.